The molecule has 2 aromatic heterocycles. The van der Waals surface area contributed by atoms with Crippen LogP contribution >= 0.6 is 0 Å². The minimum Gasteiger partial charge on any atom is -0.332 e. The maximum absolute atomic E-state index is 12.6. The number of imidazole rings is 1. The van der Waals surface area contributed by atoms with Gasteiger partial charge in [0.15, 0.2) is 0 Å². The van der Waals surface area contributed by atoms with Crippen LogP contribution in [0.15, 0.2) is 48.7 Å². The Hall–Kier alpha value is -2.83. The summed E-state index contributed by atoms with van der Waals surface area (Å²) in [5.41, 5.74) is 2.23. The van der Waals surface area contributed by atoms with Gasteiger partial charge in [-0.2, -0.15) is 13.2 Å². The average molecular weight is 345 g/mol. The molecule has 7 heteroatoms. The van der Waals surface area contributed by atoms with Gasteiger partial charge in [-0.15, -0.1) is 0 Å². The molecular weight excluding hydrogens is 331 g/mol. The van der Waals surface area contributed by atoms with Crippen molar-refractivity contribution >= 4 is 11.6 Å². The molecule has 0 radical (unpaired) electrons. The van der Waals surface area contributed by atoms with Crippen LogP contribution in [0.25, 0.3) is 5.65 Å². The van der Waals surface area contributed by atoms with Gasteiger partial charge >= 0.3 is 6.18 Å². The van der Waals surface area contributed by atoms with Crippen LogP contribution in [0.3, 0.4) is 0 Å². The third-order valence-electron chi connectivity index (χ3n) is 4.42. The van der Waals surface area contributed by atoms with E-state index in [1.807, 2.05) is 28.8 Å². The summed E-state index contributed by atoms with van der Waals surface area (Å²) in [6.45, 7) is 0.886. The summed E-state index contributed by atoms with van der Waals surface area (Å²) in [5.74, 6) is -0.273. The van der Waals surface area contributed by atoms with Gasteiger partial charge in [0.2, 0.25) is 0 Å². The number of benzene rings is 1. The molecule has 0 unspecified atom stereocenters. The first-order valence-electron chi connectivity index (χ1n) is 7.85. The van der Waals surface area contributed by atoms with Gasteiger partial charge in [-0.05, 0) is 36.4 Å². The second-order valence-electron chi connectivity index (χ2n) is 5.99. The van der Waals surface area contributed by atoms with Gasteiger partial charge in [0, 0.05) is 24.7 Å². The number of carbonyl (C=O) groups is 1. The summed E-state index contributed by atoms with van der Waals surface area (Å²) in [6.07, 6.45) is -1.88. The predicted octanol–water partition coefficient (Wildman–Crippen LogP) is 3.55. The first-order valence-corrected chi connectivity index (χ1v) is 7.85. The van der Waals surface area contributed by atoms with Crippen LogP contribution in [0, 0.1) is 0 Å². The van der Waals surface area contributed by atoms with Crippen molar-refractivity contribution in [2.45, 2.75) is 19.1 Å². The molecule has 1 aromatic carbocycles. The molecule has 1 aliphatic heterocycles. The number of amides is 1. The van der Waals surface area contributed by atoms with Crippen LogP contribution in [0.4, 0.5) is 13.2 Å². The smallest absolute Gasteiger partial charge is 0.332 e. The Kier molecular flexibility index (Phi) is 3.52. The van der Waals surface area contributed by atoms with E-state index in [2.05, 4.69) is 4.98 Å². The lowest BCUT2D eigenvalue weighted by molar-refractivity contribution is -0.137. The highest BCUT2D eigenvalue weighted by Gasteiger charge is 2.31. The highest BCUT2D eigenvalue weighted by molar-refractivity contribution is 5.94. The molecule has 0 spiro atoms. The van der Waals surface area contributed by atoms with Crippen molar-refractivity contribution in [3.63, 3.8) is 0 Å². The maximum atomic E-state index is 12.6. The topological polar surface area (TPSA) is 37.6 Å². The van der Waals surface area contributed by atoms with E-state index >= 15 is 0 Å². The number of nitrogens with zero attached hydrogens (tertiary/aromatic N) is 3. The number of pyridine rings is 1. The standard InChI is InChI=1S/C18H14F3N3O/c19-18(20,21)13-6-4-12(5-7-13)17(25)23-10-8-14-15(11-23)24-9-2-1-3-16(24)22-14/h1-7,9H,8,10-11H2. The van der Waals surface area contributed by atoms with Crippen LogP contribution < -0.4 is 0 Å². The van der Waals surface area contributed by atoms with E-state index in [1.165, 1.54) is 12.1 Å². The number of hydrogen-bond donors (Lipinski definition) is 0. The van der Waals surface area contributed by atoms with Crippen LogP contribution in [-0.2, 0) is 19.1 Å². The highest BCUT2D eigenvalue weighted by Crippen LogP contribution is 2.29. The number of fused-ring (bicyclic) bond motifs is 3. The van der Waals surface area contributed by atoms with Crippen molar-refractivity contribution in [2.24, 2.45) is 0 Å². The Morgan fingerprint density at radius 2 is 1.84 bits per heavy atom. The fourth-order valence-corrected chi connectivity index (χ4v) is 3.12. The van der Waals surface area contributed by atoms with E-state index in [-0.39, 0.29) is 11.5 Å². The molecule has 0 bridgehead atoms. The minimum atomic E-state index is -4.40. The summed E-state index contributed by atoms with van der Waals surface area (Å²) in [7, 11) is 0. The lowest BCUT2D eigenvalue weighted by atomic mass is 10.1. The molecule has 0 saturated heterocycles. The lowest BCUT2D eigenvalue weighted by Gasteiger charge is -2.27. The van der Waals surface area contributed by atoms with Gasteiger partial charge in [0.05, 0.1) is 23.5 Å². The van der Waals surface area contributed by atoms with Gasteiger partial charge in [0.1, 0.15) is 5.65 Å². The Morgan fingerprint density at radius 1 is 1.08 bits per heavy atom. The summed E-state index contributed by atoms with van der Waals surface area (Å²) >= 11 is 0. The van der Waals surface area contributed by atoms with Crippen LogP contribution in [-0.4, -0.2) is 26.7 Å². The third-order valence-corrected chi connectivity index (χ3v) is 4.42. The van der Waals surface area contributed by atoms with Crippen molar-refractivity contribution in [3.05, 3.63) is 71.2 Å². The number of halogens is 3. The van der Waals surface area contributed by atoms with Crippen molar-refractivity contribution in [3.8, 4) is 0 Å². The molecule has 4 nitrogen and oxygen atoms in total. The van der Waals surface area contributed by atoms with Gasteiger partial charge < -0.3 is 9.30 Å². The first-order chi connectivity index (χ1) is 11.9. The fourth-order valence-electron chi connectivity index (χ4n) is 3.12. The van der Waals surface area contributed by atoms with Crippen molar-refractivity contribution in [1.82, 2.24) is 14.3 Å². The van der Waals surface area contributed by atoms with Gasteiger partial charge in [-0.25, -0.2) is 4.98 Å². The summed E-state index contributed by atoms with van der Waals surface area (Å²) in [4.78, 5) is 18.8. The second kappa shape index (κ2) is 5.61. The molecule has 0 aliphatic carbocycles. The number of rotatable bonds is 1. The lowest BCUT2D eigenvalue weighted by Crippen LogP contribution is -2.36. The summed E-state index contributed by atoms with van der Waals surface area (Å²) < 4.78 is 39.9. The Bertz CT molecular complexity index is 944. The zero-order chi connectivity index (χ0) is 17.6. The zero-order valence-electron chi connectivity index (χ0n) is 13.1. The second-order valence-corrected chi connectivity index (χ2v) is 5.99. The molecular formula is C18H14F3N3O. The third kappa shape index (κ3) is 2.75. The first kappa shape index (κ1) is 15.7. The van der Waals surface area contributed by atoms with E-state index in [9.17, 15) is 18.0 Å². The molecule has 0 atom stereocenters. The average Bonchev–Trinajstić information content (AvgIpc) is 2.98. The molecule has 0 N–H and O–H groups in total. The molecule has 0 saturated carbocycles. The van der Waals surface area contributed by atoms with E-state index in [1.54, 1.807) is 4.90 Å². The Balaban J connectivity index is 1.60. The monoisotopic (exact) mass is 345 g/mol. The van der Waals surface area contributed by atoms with E-state index in [0.29, 0.717) is 19.5 Å². The van der Waals surface area contributed by atoms with Gasteiger partial charge in [0.25, 0.3) is 5.91 Å². The number of hydrogen-bond acceptors (Lipinski definition) is 2. The SMILES string of the molecule is O=C(c1ccc(C(F)(F)F)cc1)N1CCc2nc3ccccn3c2C1. The number of alkyl halides is 3. The highest BCUT2D eigenvalue weighted by atomic mass is 19.4. The molecule has 4 rings (SSSR count). The molecule has 1 amide bonds. The van der Waals surface area contributed by atoms with Crippen molar-refractivity contribution in [2.75, 3.05) is 6.54 Å². The van der Waals surface area contributed by atoms with E-state index < -0.39 is 11.7 Å². The summed E-state index contributed by atoms with van der Waals surface area (Å²) in [6, 6.07) is 10.0. The Labute approximate surface area is 141 Å². The van der Waals surface area contributed by atoms with Gasteiger partial charge in [-0.1, -0.05) is 6.07 Å². The number of aromatic nitrogens is 2. The van der Waals surface area contributed by atoms with Crippen molar-refractivity contribution < 1.29 is 18.0 Å². The van der Waals surface area contributed by atoms with E-state index in [0.717, 1.165) is 29.2 Å². The molecule has 128 valence electrons. The largest absolute Gasteiger partial charge is 0.416 e. The number of carbonyl (C=O) groups excluding carboxylic acids is 1. The molecule has 0 fully saturated rings. The normalized spacial score (nSPS) is 14.6. The van der Waals surface area contributed by atoms with Crippen LogP contribution in [0.1, 0.15) is 27.3 Å². The summed E-state index contributed by atoms with van der Waals surface area (Å²) in [5, 5.41) is 0. The predicted molar refractivity (Wildman–Crippen MR) is 85.1 cm³/mol. The molecule has 1 aliphatic rings. The Morgan fingerprint density at radius 3 is 2.56 bits per heavy atom. The minimum absolute atomic E-state index is 0.255. The quantitative estimate of drug-likeness (QED) is 0.676. The van der Waals surface area contributed by atoms with E-state index in [4.69, 9.17) is 0 Å². The van der Waals surface area contributed by atoms with Crippen molar-refractivity contribution in [1.29, 1.82) is 0 Å². The molecule has 25 heavy (non-hydrogen) atoms. The maximum Gasteiger partial charge on any atom is 0.416 e. The molecule has 3 aromatic rings. The molecule has 3 heterocycles. The van der Waals surface area contributed by atoms with Gasteiger partial charge in [-0.3, -0.25) is 4.79 Å². The van der Waals surface area contributed by atoms with Crippen LogP contribution in [0.2, 0.25) is 0 Å². The zero-order valence-corrected chi connectivity index (χ0v) is 13.1. The van der Waals surface area contributed by atoms with Crippen LogP contribution in [0.5, 0.6) is 0 Å². The fraction of sp³-hybridized carbons (Fsp3) is 0.222.